The van der Waals surface area contributed by atoms with Crippen LogP contribution in [0.3, 0.4) is 0 Å². The molecule has 2 rings (SSSR count). The second-order valence-corrected chi connectivity index (χ2v) is 6.02. The first-order chi connectivity index (χ1) is 9.79. The van der Waals surface area contributed by atoms with Crippen LogP contribution in [0.2, 0.25) is 0 Å². The minimum absolute atomic E-state index is 0.186. The van der Waals surface area contributed by atoms with Gasteiger partial charge >= 0.3 is 6.18 Å². The molecule has 0 radical (unpaired) electrons. The van der Waals surface area contributed by atoms with E-state index in [1.165, 1.54) is 17.5 Å². The van der Waals surface area contributed by atoms with Crippen LogP contribution in [0.5, 0.6) is 0 Å². The molecule has 0 unspecified atom stereocenters. The molecule has 0 amide bonds. The molecule has 0 bridgehead atoms. The van der Waals surface area contributed by atoms with Crippen molar-refractivity contribution in [3.8, 4) is 0 Å². The predicted octanol–water partition coefficient (Wildman–Crippen LogP) is 4.43. The Morgan fingerprint density at radius 3 is 2.33 bits per heavy atom. The van der Waals surface area contributed by atoms with E-state index < -0.39 is 11.7 Å². The number of aromatic nitrogens is 1. The van der Waals surface area contributed by atoms with Gasteiger partial charge in [-0.05, 0) is 37.6 Å². The Balaban J connectivity index is 2.19. The van der Waals surface area contributed by atoms with Crippen molar-refractivity contribution in [2.24, 2.45) is 0 Å². The highest BCUT2D eigenvalue weighted by Crippen LogP contribution is 2.32. The van der Waals surface area contributed by atoms with Crippen LogP contribution in [0.1, 0.15) is 20.9 Å². The zero-order valence-electron chi connectivity index (χ0n) is 11.9. The number of halogens is 3. The molecule has 0 fully saturated rings. The van der Waals surface area contributed by atoms with E-state index >= 15 is 0 Å². The molecule has 2 N–H and O–H groups in total. The number of thiophene rings is 1. The molecular formula is C14H16F3N3S. The van der Waals surface area contributed by atoms with E-state index in [4.69, 9.17) is 0 Å². The lowest BCUT2D eigenvalue weighted by Gasteiger charge is -2.12. The molecule has 7 heteroatoms. The highest BCUT2D eigenvalue weighted by atomic mass is 32.1. The number of rotatable bonds is 4. The van der Waals surface area contributed by atoms with Gasteiger partial charge in [-0.15, -0.1) is 11.3 Å². The molecule has 3 nitrogen and oxygen atoms in total. The van der Waals surface area contributed by atoms with Gasteiger partial charge in [0.15, 0.2) is 0 Å². The molecule has 0 saturated heterocycles. The smallest absolute Gasteiger partial charge is 0.373 e. The first-order valence-corrected chi connectivity index (χ1v) is 7.18. The standard InChI is InChI=1S/C14H16F3N3S/c1-8-4-11(21-9(8)2)7-19-13-6-10(14(15,16)17)5-12(18-3)20-13/h4-6H,7H2,1-3H3,(H2,18,19,20). The molecule has 0 aromatic carbocycles. The van der Waals surface area contributed by atoms with E-state index in [2.05, 4.69) is 15.6 Å². The van der Waals surface area contributed by atoms with Gasteiger partial charge in [0, 0.05) is 16.8 Å². The third kappa shape index (κ3) is 3.87. The lowest BCUT2D eigenvalue weighted by atomic mass is 10.2. The quantitative estimate of drug-likeness (QED) is 0.876. The lowest BCUT2D eigenvalue weighted by molar-refractivity contribution is -0.137. The SMILES string of the molecule is CNc1cc(C(F)(F)F)cc(NCc2cc(C)c(C)s2)n1. The summed E-state index contributed by atoms with van der Waals surface area (Å²) in [5.41, 5.74) is 0.465. The van der Waals surface area contributed by atoms with E-state index in [-0.39, 0.29) is 11.6 Å². The molecule has 0 spiro atoms. The van der Waals surface area contributed by atoms with Gasteiger partial charge in [-0.2, -0.15) is 13.2 Å². The first kappa shape index (κ1) is 15.6. The Labute approximate surface area is 125 Å². The zero-order valence-corrected chi connectivity index (χ0v) is 12.7. The van der Waals surface area contributed by atoms with Crippen LogP contribution < -0.4 is 10.6 Å². The molecule has 0 aliphatic rings. The van der Waals surface area contributed by atoms with E-state index in [9.17, 15) is 13.2 Å². The molecule has 0 atom stereocenters. The summed E-state index contributed by atoms with van der Waals surface area (Å²) >= 11 is 1.63. The van der Waals surface area contributed by atoms with Crippen molar-refractivity contribution >= 4 is 23.0 Å². The highest BCUT2D eigenvalue weighted by Gasteiger charge is 2.31. The maximum absolute atomic E-state index is 12.8. The van der Waals surface area contributed by atoms with Gasteiger partial charge in [-0.25, -0.2) is 4.98 Å². The van der Waals surface area contributed by atoms with Crippen molar-refractivity contribution in [3.05, 3.63) is 39.1 Å². The summed E-state index contributed by atoms with van der Waals surface area (Å²) in [7, 11) is 1.54. The maximum Gasteiger partial charge on any atom is 0.416 e. The van der Waals surface area contributed by atoms with Crippen LogP contribution in [-0.4, -0.2) is 12.0 Å². The third-order valence-corrected chi connectivity index (χ3v) is 4.22. The molecule has 2 aromatic heterocycles. The fourth-order valence-corrected chi connectivity index (χ4v) is 2.82. The van der Waals surface area contributed by atoms with Crippen molar-refractivity contribution < 1.29 is 13.2 Å². The van der Waals surface area contributed by atoms with Gasteiger partial charge in [0.1, 0.15) is 11.6 Å². The predicted molar refractivity (Wildman–Crippen MR) is 79.9 cm³/mol. The van der Waals surface area contributed by atoms with Gasteiger partial charge < -0.3 is 10.6 Å². The minimum atomic E-state index is -4.39. The Morgan fingerprint density at radius 2 is 1.81 bits per heavy atom. The topological polar surface area (TPSA) is 37.0 Å². The molecule has 0 saturated carbocycles. The summed E-state index contributed by atoms with van der Waals surface area (Å²) in [6.45, 7) is 4.49. The highest BCUT2D eigenvalue weighted by molar-refractivity contribution is 7.12. The monoisotopic (exact) mass is 315 g/mol. The molecule has 0 aliphatic carbocycles. The van der Waals surface area contributed by atoms with Crippen LogP contribution in [0.25, 0.3) is 0 Å². The maximum atomic E-state index is 12.8. The number of aryl methyl sites for hydroxylation is 2. The summed E-state index contributed by atoms with van der Waals surface area (Å²) in [5, 5.41) is 5.59. The van der Waals surface area contributed by atoms with Crippen molar-refractivity contribution in [2.45, 2.75) is 26.6 Å². The average molecular weight is 315 g/mol. The summed E-state index contributed by atoms with van der Waals surface area (Å²) in [6, 6.07) is 4.04. The van der Waals surface area contributed by atoms with Gasteiger partial charge in [-0.1, -0.05) is 0 Å². The van der Waals surface area contributed by atoms with Crippen LogP contribution in [-0.2, 0) is 12.7 Å². The molecule has 21 heavy (non-hydrogen) atoms. The number of alkyl halides is 3. The number of nitrogens with one attached hydrogen (secondary N) is 2. The first-order valence-electron chi connectivity index (χ1n) is 6.36. The molecular weight excluding hydrogens is 299 g/mol. The second kappa shape index (κ2) is 5.93. The Morgan fingerprint density at radius 1 is 1.14 bits per heavy atom. The summed E-state index contributed by atoms with van der Waals surface area (Å²) in [5.74, 6) is 0.392. The van der Waals surface area contributed by atoms with E-state index in [0.29, 0.717) is 6.54 Å². The normalized spacial score (nSPS) is 11.5. The summed E-state index contributed by atoms with van der Waals surface area (Å²) < 4.78 is 38.5. The summed E-state index contributed by atoms with van der Waals surface area (Å²) in [6.07, 6.45) is -4.39. The number of nitrogens with zero attached hydrogens (tertiary/aromatic N) is 1. The van der Waals surface area contributed by atoms with E-state index in [0.717, 1.165) is 17.0 Å². The van der Waals surface area contributed by atoms with Gasteiger partial charge in [0.05, 0.1) is 12.1 Å². The van der Waals surface area contributed by atoms with E-state index in [1.54, 1.807) is 11.3 Å². The molecule has 2 aromatic rings. The largest absolute Gasteiger partial charge is 0.416 e. The number of pyridine rings is 1. The van der Waals surface area contributed by atoms with E-state index in [1.807, 2.05) is 19.9 Å². The molecule has 2 heterocycles. The summed E-state index contributed by atoms with van der Waals surface area (Å²) in [4.78, 5) is 6.37. The van der Waals surface area contributed by atoms with Crippen LogP contribution in [0.15, 0.2) is 18.2 Å². The van der Waals surface area contributed by atoms with Crippen molar-refractivity contribution in [3.63, 3.8) is 0 Å². The van der Waals surface area contributed by atoms with Crippen LogP contribution >= 0.6 is 11.3 Å². The number of hydrogen-bond donors (Lipinski definition) is 2. The van der Waals surface area contributed by atoms with Crippen LogP contribution in [0.4, 0.5) is 24.8 Å². The van der Waals surface area contributed by atoms with Gasteiger partial charge in [0.25, 0.3) is 0 Å². The van der Waals surface area contributed by atoms with Crippen LogP contribution in [0, 0.1) is 13.8 Å². The zero-order chi connectivity index (χ0) is 15.6. The Bertz CT molecular complexity index is 615. The lowest BCUT2D eigenvalue weighted by Crippen LogP contribution is -2.09. The second-order valence-electron chi connectivity index (χ2n) is 4.68. The fraction of sp³-hybridized carbons (Fsp3) is 0.357. The van der Waals surface area contributed by atoms with Crippen molar-refractivity contribution in [2.75, 3.05) is 17.7 Å². The van der Waals surface area contributed by atoms with Gasteiger partial charge in [-0.3, -0.25) is 0 Å². The molecule has 114 valence electrons. The number of anilines is 2. The number of hydrogen-bond acceptors (Lipinski definition) is 4. The van der Waals surface area contributed by atoms with Gasteiger partial charge in [0.2, 0.25) is 0 Å². The molecule has 0 aliphatic heterocycles. The fourth-order valence-electron chi connectivity index (χ4n) is 1.83. The Hall–Kier alpha value is -1.76. The van der Waals surface area contributed by atoms with Crippen molar-refractivity contribution in [1.29, 1.82) is 0 Å². The Kier molecular flexibility index (Phi) is 4.41. The van der Waals surface area contributed by atoms with Crippen molar-refractivity contribution in [1.82, 2.24) is 4.98 Å². The third-order valence-electron chi connectivity index (χ3n) is 3.07. The average Bonchev–Trinajstić information content (AvgIpc) is 2.74. The minimum Gasteiger partial charge on any atom is -0.373 e.